The molecule has 0 fully saturated rings. The molecule has 3 aromatic rings. The first-order valence-electron chi connectivity index (χ1n) is 20.3. The molecule has 0 saturated carbocycles. The van der Waals surface area contributed by atoms with Crippen molar-refractivity contribution >= 4 is 27.9 Å². The Morgan fingerprint density at radius 2 is 0.904 bits per heavy atom. The maximum Gasteiger partial charge on any atom is 0.306 e. The van der Waals surface area contributed by atoms with Crippen LogP contribution >= 0.6 is 15.9 Å². The van der Waals surface area contributed by atoms with E-state index in [4.69, 9.17) is 14.2 Å². The van der Waals surface area contributed by atoms with Crippen molar-refractivity contribution in [2.45, 2.75) is 147 Å². The van der Waals surface area contributed by atoms with E-state index in [1.54, 1.807) is 0 Å². The Hall–Kier alpha value is -2.96. The number of hydrogen-bond acceptors (Lipinski definition) is 5. The summed E-state index contributed by atoms with van der Waals surface area (Å²) in [6, 6.07) is 30.4. The molecule has 3 rings (SSSR count). The summed E-state index contributed by atoms with van der Waals surface area (Å²) in [7, 11) is 0. The molecule has 0 aliphatic carbocycles. The Morgan fingerprint density at radius 1 is 0.519 bits per heavy atom. The predicted molar refractivity (Wildman–Crippen MR) is 218 cm³/mol. The van der Waals surface area contributed by atoms with Crippen molar-refractivity contribution in [1.29, 1.82) is 0 Å². The van der Waals surface area contributed by atoms with Crippen molar-refractivity contribution in [2.75, 3.05) is 18.5 Å². The van der Waals surface area contributed by atoms with Gasteiger partial charge in [-0.2, -0.15) is 0 Å². The number of carbonyl (C=O) groups excluding carboxylic acids is 2. The minimum absolute atomic E-state index is 0.0405. The van der Waals surface area contributed by atoms with Crippen LogP contribution < -0.4 is 0 Å². The van der Waals surface area contributed by atoms with Crippen LogP contribution in [-0.4, -0.2) is 36.6 Å². The summed E-state index contributed by atoms with van der Waals surface area (Å²) in [6.45, 7) is 2.28. The second-order valence-electron chi connectivity index (χ2n) is 14.1. The number of carbonyl (C=O) groups is 2. The Kier molecular flexibility index (Phi) is 23.1. The minimum atomic E-state index is -0.970. The third kappa shape index (κ3) is 16.8. The quantitative estimate of drug-likeness (QED) is 0.0292. The molecule has 0 N–H and O–H groups in total. The average molecular weight is 778 g/mol. The van der Waals surface area contributed by atoms with Crippen LogP contribution in [0.1, 0.15) is 152 Å². The highest BCUT2D eigenvalue weighted by Crippen LogP contribution is 2.40. The van der Waals surface area contributed by atoms with E-state index in [1.807, 2.05) is 54.6 Å². The molecule has 0 radical (unpaired) electrons. The number of esters is 2. The third-order valence-electron chi connectivity index (χ3n) is 9.75. The van der Waals surface area contributed by atoms with Gasteiger partial charge in [-0.15, -0.1) is 0 Å². The van der Waals surface area contributed by atoms with E-state index in [0.717, 1.165) is 73.4 Å². The summed E-state index contributed by atoms with van der Waals surface area (Å²) in [5.74, 6) is -0.539. The highest BCUT2D eigenvalue weighted by atomic mass is 79.9. The number of unbranched alkanes of at least 4 members (excludes halogenated alkanes) is 16. The second kappa shape index (κ2) is 27.6. The fourth-order valence-corrected chi connectivity index (χ4v) is 7.18. The smallest absolute Gasteiger partial charge is 0.306 e. The van der Waals surface area contributed by atoms with Gasteiger partial charge < -0.3 is 14.2 Å². The lowest BCUT2D eigenvalue weighted by atomic mass is 9.80. The number of alkyl halides is 1. The number of ether oxygens (including phenoxy) is 3. The van der Waals surface area contributed by atoms with E-state index in [0.29, 0.717) is 12.8 Å². The topological polar surface area (TPSA) is 61.8 Å². The molecule has 0 heterocycles. The van der Waals surface area contributed by atoms with Gasteiger partial charge in [-0.25, -0.2) is 0 Å². The van der Waals surface area contributed by atoms with Crippen molar-refractivity contribution in [3.8, 4) is 0 Å². The SMILES string of the molecule is CCCCCCCCCCCCCCCC(=O)OC(COC(=O)CCCCCCCBr)COC(c1ccccc1)(c1ccccc1)c1ccccc1. The summed E-state index contributed by atoms with van der Waals surface area (Å²) >= 11 is 3.48. The molecule has 52 heavy (non-hydrogen) atoms. The Labute approximate surface area is 323 Å². The van der Waals surface area contributed by atoms with Crippen molar-refractivity contribution in [2.24, 2.45) is 0 Å². The summed E-state index contributed by atoms with van der Waals surface area (Å²) in [5.41, 5.74) is 1.91. The molecule has 1 atom stereocenters. The van der Waals surface area contributed by atoms with Crippen molar-refractivity contribution in [1.82, 2.24) is 0 Å². The average Bonchev–Trinajstić information content (AvgIpc) is 3.18. The van der Waals surface area contributed by atoms with Gasteiger partial charge in [-0.3, -0.25) is 9.59 Å². The summed E-state index contributed by atoms with van der Waals surface area (Å²) in [6.07, 6.45) is 21.4. The van der Waals surface area contributed by atoms with Gasteiger partial charge in [0.15, 0.2) is 6.10 Å². The largest absolute Gasteiger partial charge is 0.462 e. The monoisotopic (exact) mass is 776 g/mol. The third-order valence-corrected chi connectivity index (χ3v) is 10.3. The van der Waals surface area contributed by atoms with Crippen LogP contribution in [0.5, 0.6) is 0 Å². The van der Waals surface area contributed by atoms with Gasteiger partial charge in [0.1, 0.15) is 12.2 Å². The molecule has 6 heteroatoms. The summed E-state index contributed by atoms with van der Waals surface area (Å²) in [5, 5.41) is 1.01. The standard InChI is InChI=1S/C46H65BrO5/c1-2-3-4-5-6-7-8-9-10-11-12-14-27-36-45(49)52-43(38-50-44(48)35-26-15-13-16-28-37-47)39-51-46(40-29-20-17-21-30-40,41-31-22-18-23-32-41)42-33-24-19-25-34-42/h17-25,29-34,43H,2-16,26-28,35-39H2,1H3. The normalized spacial score (nSPS) is 12.0. The van der Waals surface area contributed by atoms with Gasteiger partial charge in [0.25, 0.3) is 0 Å². The van der Waals surface area contributed by atoms with E-state index in [9.17, 15) is 9.59 Å². The van der Waals surface area contributed by atoms with E-state index >= 15 is 0 Å². The molecule has 286 valence electrons. The predicted octanol–water partition coefficient (Wildman–Crippen LogP) is 12.7. The molecule has 0 aliphatic heterocycles. The number of benzene rings is 3. The van der Waals surface area contributed by atoms with Gasteiger partial charge in [-0.05, 0) is 36.0 Å². The Balaban J connectivity index is 1.60. The molecular weight excluding hydrogens is 712 g/mol. The van der Waals surface area contributed by atoms with Crippen molar-refractivity contribution < 1.29 is 23.8 Å². The second-order valence-corrected chi connectivity index (χ2v) is 14.9. The van der Waals surface area contributed by atoms with E-state index in [-0.39, 0.29) is 25.2 Å². The Bertz CT molecular complexity index is 1220. The van der Waals surface area contributed by atoms with Crippen LogP contribution in [0.2, 0.25) is 0 Å². The zero-order valence-corrected chi connectivity index (χ0v) is 33.5. The molecule has 1 unspecified atom stereocenters. The van der Waals surface area contributed by atoms with Crippen molar-refractivity contribution in [3.05, 3.63) is 108 Å². The first-order chi connectivity index (χ1) is 25.6. The van der Waals surface area contributed by atoms with Crippen LogP contribution in [0.3, 0.4) is 0 Å². The number of halogens is 1. The first kappa shape index (κ1) is 43.4. The lowest BCUT2D eigenvalue weighted by molar-refractivity contribution is -0.165. The molecular formula is C46H65BrO5. The molecule has 0 amide bonds. The summed E-state index contributed by atoms with van der Waals surface area (Å²) in [4.78, 5) is 26.0. The maximum atomic E-state index is 13.2. The highest BCUT2D eigenvalue weighted by molar-refractivity contribution is 9.09. The summed E-state index contributed by atoms with van der Waals surface area (Å²) < 4.78 is 18.7. The Morgan fingerprint density at radius 3 is 1.33 bits per heavy atom. The van der Waals surface area contributed by atoms with Gasteiger partial charge in [-0.1, -0.05) is 210 Å². The highest BCUT2D eigenvalue weighted by Gasteiger charge is 2.38. The van der Waals surface area contributed by atoms with Crippen LogP contribution in [0.25, 0.3) is 0 Å². The molecule has 0 spiro atoms. The van der Waals surface area contributed by atoms with Crippen LogP contribution in [0.15, 0.2) is 91.0 Å². The van der Waals surface area contributed by atoms with Crippen molar-refractivity contribution in [3.63, 3.8) is 0 Å². The fraction of sp³-hybridized carbons (Fsp3) is 0.565. The van der Waals surface area contributed by atoms with Gasteiger partial charge in [0.05, 0.1) is 6.61 Å². The molecule has 0 aliphatic rings. The van der Waals surface area contributed by atoms with Gasteiger partial charge in [0, 0.05) is 18.2 Å². The lowest BCUT2D eigenvalue weighted by Gasteiger charge is -2.37. The van der Waals surface area contributed by atoms with Gasteiger partial charge in [0.2, 0.25) is 0 Å². The molecule has 0 aromatic heterocycles. The zero-order chi connectivity index (χ0) is 37.0. The van der Waals surface area contributed by atoms with E-state index < -0.39 is 11.7 Å². The van der Waals surface area contributed by atoms with E-state index in [2.05, 4.69) is 59.3 Å². The maximum absolute atomic E-state index is 13.2. The molecule has 5 nitrogen and oxygen atoms in total. The molecule has 0 bridgehead atoms. The minimum Gasteiger partial charge on any atom is -0.462 e. The van der Waals surface area contributed by atoms with Crippen LogP contribution in [-0.2, 0) is 29.4 Å². The fourth-order valence-electron chi connectivity index (χ4n) is 6.79. The molecule has 0 saturated heterocycles. The number of hydrogen-bond donors (Lipinski definition) is 0. The van der Waals surface area contributed by atoms with E-state index in [1.165, 1.54) is 64.2 Å². The molecule has 3 aromatic carbocycles. The zero-order valence-electron chi connectivity index (χ0n) is 31.9. The van der Waals surface area contributed by atoms with Crippen LogP contribution in [0, 0.1) is 0 Å². The van der Waals surface area contributed by atoms with Gasteiger partial charge >= 0.3 is 11.9 Å². The lowest BCUT2D eigenvalue weighted by Crippen LogP contribution is -2.38. The number of rotatable bonds is 30. The first-order valence-corrected chi connectivity index (χ1v) is 21.4. The van der Waals surface area contributed by atoms with Crippen LogP contribution in [0.4, 0.5) is 0 Å².